The molecule has 0 unspecified atom stereocenters. The number of rotatable bonds is 5. The molecule has 0 atom stereocenters. The van der Waals surface area contributed by atoms with Gasteiger partial charge in [0.15, 0.2) is 0 Å². The molecule has 18 heavy (non-hydrogen) atoms. The summed E-state index contributed by atoms with van der Waals surface area (Å²) in [5.74, 6) is 0. The second kappa shape index (κ2) is 5.47. The van der Waals surface area contributed by atoms with Gasteiger partial charge >= 0.3 is 0 Å². The fourth-order valence-electron chi connectivity index (χ4n) is 2.63. The standard InChI is InChI=1S/C18H30/c1-8-14-12-11-13-15(17(4,5)9-2)16(14)18(6,7)10-3/h11-13H,8-10H2,1-7H3. The summed E-state index contributed by atoms with van der Waals surface area (Å²) in [6, 6.07) is 6.89. The topological polar surface area (TPSA) is 0 Å². The molecule has 0 saturated carbocycles. The van der Waals surface area contributed by atoms with Gasteiger partial charge in [0.05, 0.1) is 0 Å². The van der Waals surface area contributed by atoms with Crippen molar-refractivity contribution >= 4 is 0 Å². The van der Waals surface area contributed by atoms with Gasteiger partial charge in [0.25, 0.3) is 0 Å². The van der Waals surface area contributed by atoms with E-state index in [2.05, 4.69) is 66.7 Å². The normalized spacial score (nSPS) is 12.8. The highest BCUT2D eigenvalue weighted by molar-refractivity contribution is 5.44. The minimum absolute atomic E-state index is 0.271. The first-order chi connectivity index (χ1) is 8.30. The van der Waals surface area contributed by atoms with Crippen LogP contribution in [0.3, 0.4) is 0 Å². The molecular formula is C18H30. The molecule has 0 N–H and O–H groups in total. The Bertz CT molecular complexity index is 396. The Morgan fingerprint density at radius 2 is 1.39 bits per heavy atom. The van der Waals surface area contributed by atoms with E-state index in [-0.39, 0.29) is 10.8 Å². The van der Waals surface area contributed by atoms with Crippen molar-refractivity contribution in [3.8, 4) is 0 Å². The Kier molecular flexibility index (Phi) is 4.64. The Labute approximate surface area is 114 Å². The van der Waals surface area contributed by atoms with Crippen LogP contribution in [-0.4, -0.2) is 0 Å². The van der Waals surface area contributed by atoms with Gasteiger partial charge in [-0.05, 0) is 46.8 Å². The van der Waals surface area contributed by atoms with Gasteiger partial charge in [0.2, 0.25) is 0 Å². The third-order valence-corrected chi connectivity index (χ3v) is 4.71. The SMILES string of the molecule is CCc1cccc(C(C)(C)CC)c1C(C)(C)CC. The molecule has 0 fully saturated rings. The van der Waals surface area contributed by atoms with Crippen LogP contribution >= 0.6 is 0 Å². The zero-order valence-corrected chi connectivity index (χ0v) is 13.4. The van der Waals surface area contributed by atoms with Crippen molar-refractivity contribution in [2.75, 3.05) is 0 Å². The molecule has 0 radical (unpaired) electrons. The first-order valence-corrected chi connectivity index (χ1v) is 7.43. The highest BCUT2D eigenvalue weighted by Gasteiger charge is 2.30. The molecule has 0 aliphatic heterocycles. The first-order valence-electron chi connectivity index (χ1n) is 7.43. The van der Waals surface area contributed by atoms with Crippen molar-refractivity contribution in [1.29, 1.82) is 0 Å². The second-order valence-electron chi connectivity index (χ2n) is 6.67. The summed E-state index contributed by atoms with van der Waals surface area (Å²) in [5, 5.41) is 0. The van der Waals surface area contributed by atoms with E-state index in [0.29, 0.717) is 0 Å². The highest BCUT2D eigenvalue weighted by atomic mass is 14.3. The molecule has 1 aromatic rings. The lowest BCUT2D eigenvalue weighted by molar-refractivity contribution is 0.452. The van der Waals surface area contributed by atoms with Crippen molar-refractivity contribution in [3.63, 3.8) is 0 Å². The third-order valence-electron chi connectivity index (χ3n) is 4.71. The third kappa shape index (κ3) is 2.79. The van der Waals surface area contributed by atoms with Crippen LogP contribution in [0.2, 0.25) is 0 Å². The molecule has 0 aliphatic carbocycles. The molecule has 0 amide bonds. The van der Waals surface area contributed by atoms with Crippen molar-refractivity contribution in [1.82, 2.24) is 0 Å². The molecule has 1 aromatic carbocycles. The van der Waals surface area contributed by atoms with Crippen LogP contribution in [0, 0.1) is 0 Å². The number of hydrogen-bond acceptors (Lipinski definition) is 0. The molecule has 0 heterocycles. The van der Waals surface area contributed by atoms with Gasteiger partial charge < -0.3 is 0 Å². The zero-order valence-electron chi connectivity index (χ0n) is 13.4. The average molecular weight is 246 g/mol. The smallest absolute Gasteiger partial charge is 0.0101 e. The van der Waals surface area contributed by atoms with E-state index in [1.165, 1.54) is 18.4 Å². The maximum absolute atomic E-state index is 2.39. The number of benzene rings is 1. The van der Waals surface area contributed by atoms with Crippen LogP contribution in [-0.2, 0) is 17.3 Å². The molecular weight excluding hydrogens is 216 g/mol. The molecule has 0 aliphatic rings. The largest absolute Gasteiger partial charge is 0.0646 e. The fourth-order valence-corrected chi connectivity index (χ4v) is 2.63. The summed E-state index contributed by atoms with van der Waals surface area (Å²) in [5.41, 5.74) is 5.22. The molecule has 0 spiro atoms. The minimum atomic E-state index is 0.271. The molecule has 1 rings (SSSR count). The summed E-state index contributed by atoms with van der Waals surface area (Å²) in [7, 11) is 0. The van der Waals surface area contributed by atoms with E-state index in [1.807, 2.05) is 0 Å². The number of hydrogen-bond donors (Lipinski definition) is 0. The minimum Gasteiger partial charge on any atom is -0.0646 e. The van der Waals surface area contributed by atoms with Crippen LogP contribution < -0.4 is 0 Å². The summed E-state index contributed by atoms with van der Waals surface area (Å²) in [4.78, 5) is 0. The van der Waals surface area contributed by atoms with Gasteiger partial charge in [-0.25, -0.2) is 0 Å². The maximum Gasteiger partial charge on any atom is -0.0101 e. The molecule has 0 aromatic heterocycles. The Morgan fingerprint density at radius 1 is 0.833 bits per heavy atom. The summed E-state index contributed by atoms with van der Waals surface area (Å²) >= 11 is 0. The second-order valence-corrected chi connectivity index (χ2v) is 6.67. The summed E-state index contributed by atoms with van der Waals surface area (Å²) in [6.45, 7) is 16.4. The predicted molar refractivity (Wildman–Crippen MR) is 82.5 cm³/mol. The van der Waals surface area contributed by atoms with E-state index in [9.17, 15) is 0 Å². The summed E-state index contributed by atoms with van der Waals surface area (Å²) < 4.78 is 0. The van der Waals surface area contributed by atoms with Gasteiger partial charge in [-0.15, -0.1) is 0 Å². The van der Waals surface area contributed by atoms with Gasteiger partial charge in [-0.1, -0.05) is 66.7 Å². The quantitative estimate of drug-likeness (QED) is 0.632. The van der Waals surface area contributed by atoms with Crippen LogP contribution in [0.4, 0.5) is 0 Å². The Hall–Kier alpha value is -0.780. The predicted octanol–water partition coefficient (Wildman–Crippen LogP) is 5.62. The van der Waals surface area contributed by atoms with Crippen molar-refractivity contribution in [2.24, 2.45) is 0 Å². The van der Waals surface area contributed by atoms with Crippen molar-refractivity contribution in [3.05, 3.63) is 34.9 Å². The first kappa shape index (κ1) is 15.3. The summed E-state index contributed by atoms with van der Waals surface area (Å²) in [6.07, 6.45) is 3.51. The van der Waals surface area contributed by atoms with Crippen LogP contribution in [0.5, 0.6) is 0 Å². The molecule has 0 bridgehead atoms. The van der Waals surface area contributed by atoms with Crippen molar-refractivity contribution in [2.45, 2.75) is 78.6 Å². The monoisotopic (exact) mass is 246 g/mol. The Morgan fingerprint density at radius 3 is 1.83 bits per heavy atom. The lowest BCUT2D eigenvalue weighted by Gasteiger charge is -2.35. The van der Waals surface area contributed by atoms with E-state index in [4.69, 9.17) is 0 Å². The molecule has 0 saturated heterocycles. The molecule has 0 nitrogen and oxygen atoms in total. The van der Waals surface area contributed by atoms with Gasteiger partial charge in [-0.2, -0.15) is 0 Å². The van der Waals surface area contributed by atoms with E-state index < -0.39 is 0 Å². The number of aryl methyl sites for hydroxylation is 1. The van der Waals surface area contributed by atoms with E-state index >= 15 is 0 Å². The highest BCUT2D eigenvalue weighted by Crippen LogP contribution is 2.39. The average Bonchev–Trinajstić information content (AvgIpc) is 2.37. The lowest BCUT2D eigenvalue weighted by atomic mass is 9.69. The van der Waals surface area contributed by atoms with Crippen LogP contribution in [0.1, 0.15) is 78.0 Å². The van der Waals surface area contributed by atoms with Gasteiger partial charge in [-0.3, -0.25) is 0 Å². The molecule has 102 valence electrons. The van der Waals surface area contributed by atoms with Gasteiger partial charge in [0, 0.05) is 0 Å². The maximum atomic E-state index is 2.39. The molecule has 0 heteroatoms. The Balaban J connectivity index is 3.53. The van der Waals surface area contributed by atoms with E-state index in [0.717, 1.165) is 6.42 Å². The fraction of sp³-hybridized carbons (Fsp3) is 0.667. The van der Waals surface area contributed by atoms with Crippen molar-refractivity contribution < 1.29 is 0 Å². The van der Waals surface area contributed by atoms with E-state index in [1.54, 1.807) is 11.1 Å². The van der Waals surface area contributed by atoms with Crippen LogP contribution in [0.15, 0.2) is 18.2 Å². The van der Waals surface area contributed by atoms with Gasteiger partial charge in [0.1, 0.15) is 0 Å². The lowest BCUT2D eigenvalue weighted by Crippen LogP contribution is -2.27. The zero-order chi connectivity index (χ0) is 14.0. The van der Waals surface area contributed by atoms with Crippen LogP contribution in [0.25, 0.3) is 0 Å².